The average molecular weight is 552 g/mol. The van der Waals surface area contributed by atoms with Gasteiger partial charge in [-0.2, -0.15) is 13.2 Å². The van der Waals surface area contributed by atoms with Crippen LogP contribution in [0.1, 0.15) is 35.6 Å². The first kappa shape index (κ1) is 26.6. The van der Waals surface area contributed by atoms with E-state index in [1.807, 2.05) is 0 Å². The molecular weight excluding hydrogens is 531 g/mol. The lowest BCUT2D eigenvalue weighted by atomic mass is 9.98. The summed E-state index contributed by atoms with van der Waals surface area (Å²) in [6.45, 7) is 1.19. The van der Waals surface area contributed by atoms with Crippen molar-refractivity contribution in [1.82, 2.24) is 14.5 Å². The molecule has 0 saturated carbocycles. The number of sulfone groups is 1. The zero-order valence-corrected chi connectivity index (χ0v) is 21.0. The number of hydrogen-bond acceptors (Lipinski definition) is 5. The Labute approximate surface area is 214 Å². The highest BCUT2D eigenvalue weighted by Crippen LogP contribution is 2.34. The number of aromatic amines is 1. The number of alkyl halides is 3. The molecule has 0 fully saturated rings. The molecule has 0 radical (unpaired) electrons. The van der Waals surface area contributed by atoms with Crippen molar-refractivity contribution in [2.24, 2.45) is 0 Å². The third kappa shape index (κ3) is 5.62. The average Bonchev–Trinajstić information content (AvgIpc) is 2.81. The number of H-pyrrole nitrogens is 1. The summed E-state index contributed by atoms with van der Waals surface area (Å²) >= 11 is 6.04. The van der Waals surface area contributed by atoms with E-state index in [4.69, 9.17) is 11.6 Å². The minimum Gasteiger partial charge on any atom is -0.307 e. The normalized spacial score (nSPS) is 12.2. The molecule has 37 heavy (non-hydrogen) atoms. The molecule has 0 aliphatic heterocycles. The van der Waals surface area contributed by atoms with Gasteiger partial charge in [0.1, 0.15) is 0 Å². The summed E-state index contributed by atoms with van der Waals surface area (Å²) in [5.41, 5.74) is -2.43. The lowest BCUT2D eigenvalue weighted by Crippen LogP contribution is -2.36. The van der Waals surface area contributed by atoms with Crippen molar-refractivity contribution in [3.8, 4) is 0 Å². The van der Waals surface area contributed by atoms with Gasteiger partial charge in [0.25, 0.3) is 5.56 Å². The van der Waals surface area contributed by atoms with Crippen LogP contribution in [0.25, 0.3) is 10.9 Å². The van der Waals surface area contributed by atoms with E-state index in [1.165, 1.54) is 30.6 Å². The lowest BCUT2D eigenvalue weighted by Gasteiger charge is -2.16. The van der Waals surface area contributed by atoms with E-state index in [0.29, 0.717) is 22.6 Å². The first-order chi connectivity index (χ1) is 17.4. The molecule has 0 aliphatic carbocycles. The van der Waals surface area contributed by atoms with Crippen LogP contribution in [-0.2, 0) is 29.0 Å². The van der Waals surface area contributed by atoms with E-state index >= 15 is 0 Å². The third-order valence-electron chi connectivity index (χ3n) is 5.81. The van der Waals surface area contributed by atoms with Crippen molar-refractivity contribution in [1.29, 1.82) is 0 Å². The quantitative estimate of drug-likeness (QED) is 0.362. The second-order valence-electron chi connectivity index (χ2n) is 8.48. The first-order valence-corrected chi connectivity index (χ1v) is 13.2. The molecule has 0 aliphatic rings. The molecule has 194 valence electrons. The van der Waals surface area contributed by atoms with Crippen LogP contribution in [0.4, 0.5) is 13.2 Å². The van der Waals surface area contributed by atoms with Crippen LogP contribution in [0.2, 0.25) is 5.02 Å². The van der Waals surface area contributed by atoms with Crippen molar-refractivity contribution in [3.63, 3.8) is 0 Å². The van der Waals surface area contributed by atoms with E-state index in [-0.39, 0.29) is 44.1 Å². The fraction of sp³-hybridized carbons (Fsp3) is 0.240. The Bertz CT molecular complexity index is 1700. The number of aromatic nitrogens is 3. The minimum absolute atomic E-state index is 0.0618. The van der Waals surface area contributed by atoms with Gasteiger partial charge in [-0.3, -0.25) is 14.3 Å². The molecule has 2 aromatic carbocycles. The molecule has 12 heteroatoms. The Morgan fingerprint density at radius 2 is 1.73 bits per heavy atom. The maximum atomic E-state index is 14.0. The number of hydrogen-bond donors (Lipinski definition) is 1. The molecule has 1 N–H and O–H groups in total. The minimum atomic E-state index is -4.77. The highest BCUT2D eigenvalue weighted by molar-refractivity contribution is 7.91. The van der Waals surface area contributed by atoms with Crippen molar-refractivity contribution in [2.75, 3.05) is 5.75 Å². The molecule has 0 amide bonds. The van der Waals surface area contributed by atoms with Crippen molar-refractivity contribution in [3.05, 3.63) is 103 Å². The molecule has 0 spiro atoms. The number of halogens is 4. The summed E-state index contributed by atoms with van der Waals surface area (Å²) in [5.74, 6) is -0.167. The van der Waals surface area contributed by atoms with Crippen LogP contribution in [0.15, 0.2) is 69.3 Å². The molecule has 2 heterocycles. The van der Waals surface area contributed by atoms with E-state index in [9.17, 15) is 31.2 Å². The van der Waals surface area contributed by atoms with Gasteiger partial charge >= 0.3 is 11.9 Å². The topological polar surface area (TPSA) is 102 Å². The molecule has 4 aromatic rings. The second-order valence-corrected chi connectivity index (χ2v) is 11.0. The summed E-state index contributed by atoms with van der Waals surface area (Å²) in [7, 11) is -3.75. The zero-order chi connectivity index (χ0) is 27.0. The number of nitrogens with one attached hydrogen (secondary N) is 1. The number of pyridine rings is 1. The maximum absolute atomic E-state index is 14.0. The molecule has 2 aromatic heterocycles. The Hall–Kier alpha value is -3.44. The molecule has 0 unspecified atom stereocenters. The summed E-state index contributed by atoms with van der Waals surface area (Å²) in [6, 6.07) is 8.98. The number of rotatable bonds is 7. The fourth-order valence-electron chi connectivity index (χ4n) is 4.14. The van der Waals surface area contributed by atoms with E-state index < -0.39 is 39.4 Å². The van der Waals surface area contributed by atoms with Gasteiger partial charge in [0.2, 0.25) is 0 Å². The fourth-order valence-corrected chi connectivity index (χ4v) is 5.89. The molecule has 7 nitrogen and oxygen atoms in total. The van der Waals surface area contributed by atoms with Gasteiger partial charge < -0.3 is 4.98 Å². The second kappa shape index (κ2) is 10.1. The van der Waals surface area contributed by atoms with Crippen LogP contribution in [0.5, 0.6) is 0 Å². The van der Waals surface area contributed by atoms with Crippen LogP contribution in [-0.4, -0.2) is 28.7 Å². The van der Waals surface area contributed by atoms with Crippen LogP contribution in [0.3, 0.4) is 0 Å². The number of benzene rings is 2. The Morgan fingerprint density at radius 1 is 1.03 bits per heavy atom. The number of nitrogens with zero attached hydrogens (tertiary/aromatic N) is 2. The van der Waals surface area contributed by atoms with Gasteiger partial charge in [-0.05, 0) is 72.0 Å². The Balaban J connectivity index is 1.89. The highest BCUT2D eigenvalue weighted by Gasteiger charge is 2.34. The SMILES string of the molecule is CCCS(=O)(=O)c1ccc(Cl)cc1Cn1c(=O)[nH]c2cc(Cc3ccncc3)c(C(F)(F)F)cc2c1=O. The van der Waals surface area contributed by atoms with Crippen molar-refractivity contribution >= 4 is 32.3 Å². The van der Waals surface area contributed by atoms with Crippen LogP contribution >= 0.6 is 11.6 Å². The third-order valence-corrected chi connectivity index (χ3v) is 8.06. The molecule has 0 bridgehead atoms. The number of fused-ring (bicyclic) bond motifs is 1. The molecule has 0 atom stereocenters. The largest absolute Gasteiger partial charge is 0.416 e. The summed E-state index contributed by atoms with van der Waals surface area (Å²) in [4.78, 5) is 32.4. The van der Waals surface area contributed by atoms with Gasteiger partial charge in [0.05, 0.1) is 33.7 Å². The predicted molar refractivity (Wildman–Crippen MR) is 134 cm³/mol. The summed E-state index contributed by atoms with van der Waals surface area (Å²) in [6.07, 6.45) is -1.62. The van der Waals surface area contributed by atoms with E-state index in [2.05, 4.69) is 9.97 Å². The molecule has 0 saturated heterocycles. The van der Waals surface area contributed by atoms with Crippen molar-refractivity contribution in [2.45, 2.75) is 37.4 Å². The van der Waals surface area contributed by atoms with Gasteiger partial charge in [-0.25, -0.2) is 13.2 Å². The first-order valence-electron chi connectivity index (χ1n) is 11.2. The van der Waals surface area contributed by atoms with Crippen LogP contribution < -0.4 is 11.2 Å². The highest BCUT2D eigenvalue weighted by atomic mass is 35.5. The molecule has 4 rings (SSSR count). The van der Waals surface area contributed by atoms with E-state index in [1.54, 1.807) is 19.1 Å². The maximum Gasteiger partial charge on any atom is 0.416 e. The van der Waals surface area contributed by atoms with Gasteiger partial charge in [0.15, 0.2) is 9.84 Å². The summed E-state index contributed by atoms with van der Waals surface area (Å²) in [5, 5.41) is -0.179. The lowest BCUT2D eigenvalue weighted by molar-refractivity contribution is -0.138. The Kier molecular flexibility index (Phi) is 7.29. The van der Waals surface area contributed by atoms with Crippen molar-refractivity contribution < 1.29 is 21.6 Å². The van der Waals surface area contributed by atoms with Gasteiger partial charge in [0, 0.05) is 17.4 Å². The standard InChI is InChI=1S/C25H21ClF3N3O4S/c1-2-9-37(35,36)22-4-3-18(26)11-17(22)14-32-23(33)19-13-20(25(27,28)29)16(12-21(19)31-24(32)34)10-15-5-7-30-8-6-15/h3-8,11-13H,2,9-10,14H2,1H3,(H,31,34). The Morgan fingerprint density at radius 3 is 2.38 bits per heavy atom. The van der Waals surface area contributed by atoms with E-state index in [0.717, 1.165) is 6.07 Å². The monoisotopic (exact) mass is 551 g/mol. The summed E-state index contributed by atoms with van der Waals surface area (Å²) < 4.78 is 68.0. The van der Waals surface area contributed by atoms with Gasteiger partial charge in [-0.1, -0.05) is 18.5 Å². The van der Waals surface area contributed by atoms with Gasteiger partial charge in [-0.15, -0.1) is 0 Å². The molecular formula is C25H21ClF3N3O4S. The zero-order valence-electron chi connectivity index (χ0n) is 19.5. The predicted octanol–water partition coefficient (Wildman–Crippen LogP) is 4.58. The smallest absolute Gasteiger partial charge is 0.307 e. The van der Waals surface area contributed by atoms with Crippen LogP contribution in [0, 0.1) is 0 Å².